The molecule has 0 aliphatic heterocycles. The lowest BCUT2D eigenvalue weighted by Gasteiger charge is -2.06. The molecular formula is C10H11N3O3. The molecule has 2 rings (SSSR count). The smallest absolute Gasteiger partial charge is 0.337 e. The molecule has 1 aromatic heterocycles. The summed E-state index contributed by atoms with van der Waals surface area (Å²) < 4.78 is 0. The Labute approximate surface area is 91.7 Å². The Morgan fingerprint density at radius 1 is 1.38 bits per heavy atom. The summed E-state index contributed by atoms with van der Waals surface area (Å²) in [6.45, 7) is 0. The molecule has 6 heteroatoms. The minimum atomic E-state index is -1.07. The average Bonchev–Trinajstić information content (AvgIpc) is 3.01. The number of pyridine rings is 1. The number of amides is 2. The van der Waals surface area contributed by atoms with Crippen LogP contribution in [-0.4, -0.2) is 28.1 Å². The van der Waals surface area contributed by atoms with Gasteiger partial charge in [-0.2, -0.15) is 0 Å². The molecule has 6 nitrogen and oxygen atoms in total. The second kappa shape index (κ2) is 4.18. The lowest BCUT2D eigenvalue weighted by atomic mass is 10.3. The molecule has 0 aromatic carbocycles. The van der Waals surface area contributed by atoms with Gasteiger partial charge in [0.1, 0.15) is 0 Å². The first-order valence-corrected chi connectivity index (χ1v) is 4.91. The van der Waals surface area contributed by atoms with Crippen LogP contribution in [0.25, 0.3) is 0 Å². The predicted octanol–water partition coefficient (Wildman–Crippen LogP) is 1.06. The van der Waals surface area contributed by atoms with Crippen molar-refractivity contribution in [1.82, 2.24) is 10.3 Å². The maximum absolute atomic E-state index is 11.3. The molecule has 1 aromatic rings. The number of aromatic carboxylic acids is 1. The zero-order valence-electron chi connectivity index (χ0n) is 8.43. The van der Waals surface area contributed by atoms with E-state index in [4.69, 9.17) is 5.11 Å². The predicted molar refractivity (Wildman–Crippen MR) is 56.4 cm³/mol. The van der Waals surface area contributed by atoms with Crippen molar-refractivity contribution in [2.24, 2.45) is 0 Å². The summed E-state index contributed by atoms with van der Waals surface area (Å²) in [7, 11) is 0. The number of carbonyl (C=O) groups excluding carboxylic acids is 1. The van der Waals surface area contributed by atoms with Crippen LogP contribution in [0.2, 0.25) is 0 Å². The molecule has 0 atom stereocenters. The van der Waals surface area contributed by atoms with E-state index in [0.29, 0.717) is 5.69 Å². The van der Waals surface area contributed by atoms with E-state index in [1.807, 2.05) is 0 Å². The van der Waals surface area contributed by atoms with Crippen molar-refractivity contribution in [3.63, 3.8) is 0 Å². The fourth-order valence-electron chi connectivity index (χ4n) is 1.21. The second-order valence-corrected chi connectivity index (χ2v) is 3.64. The van der Waals surface area contributed by atoms with Crippen molar-refractivity contribution >= 4 is 17.7 Å². The zero-order chi connectivity index (χ0) is 11.5. The van der Waals surface area contributed by atoms with Crippen LogP contribution in [0.4, 0.5) is 10.5 Å². The molecule has 2 amide bonds. The van der Waals surface area contributed by atoms with Gasteiger partial charge >= 0.3 is 12.0 Å². The molecule has 84 valence electrons. The summed E-state index contributed by atoms with van der Waals surface area (Å²) in [6, 6.07) is 1.30. The quantitative estimate of drug-likeness (QED) is 0.711. The number of aromatic nitrogens is 1. The standard InChI is InChI=1S/C10H11N3O3/c14-9(15)6-3-8(5-11-4-6)13-10(16)12-7-1-2-7/h3-5,7H,1-2H2,(H,14,15)(H2,12,13,16). The maximum Gasteiger partial charge on any atom is 0.337 e. The van der Waals surface area contributed by atoms with Crippen molar-refractivity contribution in [2.75, 3.05) is 5.32 Å². The Hall–Kier alpha value is -2.11. The van der Waals surface area contributed by atoms with Crippen LogP contribution < -0.4 is 10.6 Å². The van der Waals surface area contributed by atoms with E-state index in [1.54, 1.807) is 0 Å². The molecule has 0 saturated heterocycles. The highest BCUT2D eigenvalue weighted by atomic mass is 16.4. The van der Waals surface area contributed by atoms with Gasteiger partial charge in [0.2, 0.25) is 0 Å². The third-order valence-corrected chi connectivity index (χ3v) is 2.16. The Morgan fingerprint density at radius 3 is 2.75 bits per heavy atom. The summed E-state index contributed by atoms with van der Waals surface area (Å²) >= 11 is 0. The Bertz CT molecular complexity index is 429. The van der Waals surface area contributed by atoms with Gasteiger partial charge in [0, 0.05) is 12.2 Å². The molecule has 1 fully saturated rings. The molecule has 0 bridgehead atoms. The molecule has 16 heavy (non-hydrogen) atoms. The van der Waals surface area contributed by atoms with Gasteiger partial charge in [0.05, 0.1) is 17.4 Å². The number of carboxylic acids is 1. The summed E-state index contributed by atoms with van der Waals surface area (Å²) in [5.74, 6) is -1.07. The van der Waals surface area contributed by atoms with Crippen molar-refractivity contribution < 1.29 is 14.7 Å². The number of rotatable bonds is 3. The Kier molecular flexibility index (Phi) is 2.72. The van der Waals surface area contributed by atoms with E-state index >= 15 is 0 Å². The molecule has 0 spiro atoms. The summed E-state index contributed by atoms with van der Waals surface area (Å²) in [6.07, 6.45) is 4.63. The van der Waals surface area contributed by atoms with E-state index in [0.717, 1.165) is 12.8 Å². The van der Waals surface area contributed by atoms with E-state index in [1.165, 1.54) is 18.5 Å². The molecule has 3 N–H and O–H groups in total. The summed E-state index contributed by atoms with van der Waals surface area (Å²) in [5.41, 5.74) is 0.419. The highest BCUT2D eigenvalue weighted by molar-refractivity contribution is 5.92. The van der Waals surface area contributed by atoms with Gasteiger partial charge < -0.3 is 15.7 Å². The van der Waals surface area contributed by atoms with Crippen LogP contribution in [0.15, 0.2) is 18.5 Å². The number of hydrogen-bond donors (Lipinski definition) is 3. The minimum Gasteiger partial charge on any atom is -0.478 e. The van der Waals surface area contributed by atoms with Gasteiger partial charge in [0.25, 0.3) is 0 Å². The number of carboxylic acid groups (broad SMARTS) is 1. The number of urea groups is 1. The van der Waals surface area contributed by atoms with E-state index in [-0.39, 0.29) is 17.6 Å². The highest BCUT2D eigenvalue weighted by Gasteiger charge is 2.23. The lowest BCUT2D eigenvalue weighted by Crippen LogP contribution is -2.30. The third-order valence-electron chi connectivity index (χ3n) is 2.16. The lowest BCUT2D eigenvalue weighted by molar-refractivity contribution is 0.0696. The monoisotopic (exact) mass is 221 g/mol. The molecular weight excluding hydrogens is 210 g/mol. The fourth-order valence-corrected chi connectivity index (χ4v) is 1.21. The average molecular weight is 221 g/mol. The van der Waals surface area contributed by atoms with Crippen LogP contribution in [0.3, 0.4) is 0 Å². The van der Waals surface area contributed by atoms with E-state index < -0.39 is 5.97 Å². The van der Waals surface area contributed by atoms with Crippen LogP contribution in [-0.2, 0) is 0 Å². The number of hydrogen-bond acceptors (Lipinski definition) is 3. The number of nitrogens with one attached hydrogen (secondary N) is 2. The van der Waals surface area contributed by atoms with Crippen molar-refractivity contribution in [1.29, 1.82) is 0 Å². The first-order chi connectivity index (χ1) is 7.65. The topological polar surface area (TPSA) is 91.3 Å². The van der Waals surface area contributed by atoms with Crippen molar-refractivity contribution in [2.45, 2.75) is 18.9 Å². The van der Waals surface area contributed by atoms with Crippen molar-refractivity contribution in [3.8, 4) is 0 Å². The Balaban J connectivity index is 1.99. The van der Waals surface area contributed by atoms with Gasteiger partial charge in [-0.15, -0.1) is 0 Å². The van der Waals surface area contributed by atoms with Crippen LogP contribution in [0, 0.1) is 0 Å². The summed E-state index contributed by atoms with van der Waals surface area (Å²) in [4.78, 5) is 25.7. The number of carbonyl (C=O) groups is 2. The zero-order valence-corrected chi connectivity index (χ0v) is 8.43. The summed E-state index contributed by atoms with van der Waals surface area (Å²) in [5, 5.41) is 14.0. The minimum absolute atomic E-state index is 0.0456. The Morgan fingerprint density at radius 2 is 2.12 bits per heavy atom. The first-order valence-electron chi connectivity index (χ1n) is 4.91. The molecule has 1 aliphatic carbocycles. The van der Waals surface area contributed by atoms with E-state index in [9.17, 15) is 9.59 Å². The van der Waals surface area contributed by atoms with Gasteiger partial charge in [-0.05, 0) is 18.9 Å². The second-order valence-electron chi connectivity index (χ2n) is 3.64. The number of anilines is 1. The van der Waals surface area contributed by atoms with Gasteiger partial charge in [-0.25, -0.2) is 9.59 Å². The third kappa shape index (κ3) is 2.69. The van der Waals surface area contributed by atoms with Crippen LogP contribution >= 0.6 is 0 Å². The van der Waals surface area contributed by atoms with Gasteiger partial charge in [0.15, 0.2) is 0 Å². The number of nitrogens with zero attached hydrogens (tertiary/aromatic N) is 1. The molecule has 0 unspecified atom stereocenters. The van der Waals surface area contributed by atoms with Crippen LogP contribution in [0.5, 0.6) is 0 Å². The SMILES string of the molecule is O=C(Nc1cncc(C(=O)O)c1)NC1CC1. The van der Waals surface area contributed by atoms with Gasteiger partial charge in [-0.3, -0.25) is 4.98 Å². The van der Waals surface area contributed by atoms with Crippen molar-refractivity contribution in [3.05, 3.63) is 24.0 Å². The fraction of sp³-hybridized carbons (Fsp3) is 0.300. The van der Waals surface area contributed by atoms with Crippen LogP contribution in [0.1, 0.15) is 23.2 Å². The molecule has 0 radical (unpaired) electrons. The highest BCUT2D eigenvalue weighted by Crippen LogP contribution is 2.18. The van der Waals surface area contributed by atoms with Gasteiger partial charge in [-0.1, -0.05) is 0 Å². The van der Waals surface area contributed by atoms with E-state index in [2.05, 4.69) is 15.6 Å². The largest absolute Gasteiger partial charge is 0.478 e. The normalized spacial score (nSPS) is 14.2. The molecule has 1 saturated carbocycles. The molecule has 1 aliphatic rings. The first kappa shape index (κ1) is 10.4. The maximum atomic E-state index is 11.3. The molecule has 1 heterocycles.